The average molecular weight is 311 g/mol. The first kappa shape index (κ1) is 16.5. The molecule has 1 aliphatic heterocycles. The molecule has 1 saturated heterocycles. The van der Waals surface area contributed by atoms with Crippen molar-refractivity contribution < 1.29 is 0 Å². The summed E-state index contributed by atoms with van der Waals surface area (Å²) in [5, 5.41) is 4.17. The SMILES string of the molecule is CC(C)NCc1cc(N2CCCC2CN(C)C)ncc1Cl. The van der Waals surface area contributed by atoms with Crippen LogP contribution < -0.4 is 10.2 Å². The van der Waals surface area contributed by atoms with E-state index in [0.29, 0.717) is 12.1 Å². The van der Waals surface area contributed by atoms with Crippen molar-refractivity contribution in [1.82, 2.24) is 15.2 Å². The Bertz CT molecular complexity index is 462. The van der Waals surface area contributed by atoms with Crippen LogP contribution in [0.2, 0.25) is 5.02 Å². The number of hydrogen-bond acceptors (Lipinski definition) is 4. The molecule has 0 aliphatic carbocycles. The van der Waals surface area contributed by atoms with Crippen LogP contribution in [-0.4, -0.2) is 49.2 Å². The van der Waals surface area contributed by atoms with E-state index >= 15 is 0 Å². The fourth-order valence-electron chi connectivity index (χ4n) is 2.82. The lowest BCUT2D eigenvalue weighted by Crippen LogP contribution is -2.38. The van der Waals surface area contributed by atoms with Gasteiger partial charge in [-0.1, -0.05) is 25.4 Å². The van der Waals surface area contributed by atoms with Crippen LogP contribution in [0.5, 0.6) is 0 Å². The summed E-state index contributed by atoms with van der Waals surface area (Å²) in [5.74, 6) is 1.06. The van der Waals surface area contributed by atoms with E-state index in [1.54, 1.807) is 6.20 Å². The van der Waals surface area contributed by atoms with Crippen molar-refractivity contribution in [3.8, 4) is 0 Å². The molecule has 0 saturated carbocycles. The molecule has 1 atom stereocenters. The first-order chi connectivity index (χ1) is 9.97. The molecular weight excluding hydrogens is 284 g/mol. The number of rotatable bonds is 6. The molecule has 2 heterocycles. The summed E-state index contributed by atoms with van der Waals surface area (Å²) in [7, 11) is 4.26. The number of aromatic nitrogens is 1. The molecule has 0 amide bonds. The van der Waals surface area contributed by atoms with Gasteiger partial charge >= 0.3 is 0 Å². The fraction of sp³-hybridized carbons (Fsp3) is 0.688. The van der Waals surface area contributed by atoms with Crippen molar-refractivity contribution in [3.63, 3.8) is 0 Å². The van der Waals surface area contributed by atoms with E-state index in [1.807, 2.05) is 0 Å². The highest BCUT2D eigenvalue weighted by molar-refractivity contribution is 6.31. The normalized spacial score (nSPS) is 19.0. The number of pyridine rings is 1. The molecule has 2 rings (SSSR count). The highest BCUT2D eigenvalue weighted by Crippen LogP contribution is 2.27. The zero-order valence-electron chi connectivity index (χ0n) is 13.6. The number of nitrogens with zero attached hydrogens (tertiary/aromatic N) is 3. The van der Waals surface area contributed by atoms with Crippen molar-refractivity contribution in [2.45, 2.75) is 45.3 Å². The van der Waals surface area contributed by atoms with E-state index in [0.717, 1.165) is 36.0 Å². The Labute approximate surface area is 133 Å². The molecule has 1 unspecified atom stereocenters. The van der Waals surface area contributed by atoms with E-state index in [4.69, 9.17) is 11.6 Å². The quantitative estimate of drug-likeness (QED) is 0.875. The molecule has 1 aliphatic rings. The Morgan fingerprint density at radius 3 is 2.90 bits per heavy atom. The molecule has 1 aromatic heterocycles. The number of hydrogen-bond donors (Lipinski definition) is 1. The third-order valence-corrected chi connectivity index (χ3v) is 4.21. The summed E-state index contributed by atoms with van der Waals surface area (Å²) in [5.41, 5.74) is 1.13. The second-order valence-corrected chi connectivity index (χ2v) is 6.83. The van der Waals surface area contributed by atoms with Crippen LogP contribution in [0.3, 0.4) is 0 Å². The smallest absolute Gasteiger partial charge is 0.129 e. The standard InChI is InChI=1S/C16H27ClN4/c1-12(2)18-9-13-8-16(19-10-15(13)17)21-7-5-6-14(21)11-20(3)4/h8,10,12,14,18H,5-7,9,11H2,1-4H3. The lowest BCUT2D eigenvalue weighted by Gasteiger charge is -2.28. The maximum Gasteiger partial charge on any atom is 0.129 e. The predicted octanol–water partition coefficient (Wildman–Crippen LogP) is 2.76. The monoisotopic (exact) mass is 310 g/mol. The van der Waals surface area contributed by atoms with Crippen LogP contribution in [0.1, 0.15) is 32.3 Å². The average Bonchev–Trinajstić information content (AvgIpc) is 2.85. The van der Waals surface area contributed by atoms with Crippen molar-refractivity contribution in [2.75, 3.05) is 32.1 Å². The summed E-state index contributed by atoms with van der Waals surface area (Å²) in [6.45, 7) is 7.24. The van der Waals surface area contributed by atoms with Gasteiger partial charge in [0, 0.05) is 37.9 Å². The highest BCUT2D eigenvalue weighted by atomic mass is 35.5. The zero-order valence-corrected chi connectivity index (χ0v) is 14.3. The van der Waals surface area contributed by atoms with E-state index in [9.17, 15) is 0 Å². The third-order valence-electron chi connectivity index (χ3n) is 3.87. The van der Waals surface area contributed by atoms with E-state index in [2.05, 4.69) is 54.1 Å². The van der Waals surface area contributed by atoms with Crippen LogP contribution in [0.25, 0.3) is 0 Å². The third kappa shape index (κ3) is 4.56. The van der Waals surface area contributed by atoms with E-state index in [-0.39, 0.29) is 0 Å². The van der Waals surface area contributed by atoms with Gasteiger partial charge in [-0.25, -0.2) is 4.98 Å². The Kier molecular flexibility index (Phi) is 5.85. The first-order valence-corrected chi connectivity index (χ1v) is 8.14. The minimum Gasteiger partial charge on any atom is -0.352 e. The summed E-state index contributed by atoms with van der Waals surface area (Å²) >= 11 is 6.28. The van der Waals surface area contributed by atoms with Gasteiger partial charge in [-0.2, -0.15) is 0 Å². The maximum absolute atomic E-state index is 6.28. The molecule has 0 spiro atoms. The van der Waals surface area contributed by atoms with Crippen LogP contribution in [0, 0.1) is 0 Å². The molecule has 1 N–H and O–H groups in total. The molecule has 0 bridgehead atoms. The lowest BCUT2D eigenvalue weighted by molar-refractivity contribution is 0.371. The molecule has 0 radical (unpaired) electrons. The Morgan fingerprint density at radius 2 is 2.24 bits per heavy atom. The van der Waals surface area contributed by atoms with Crippen LogP contribution in [-0.2, 0) is 6.54 Å². The van der Waals surface area contributed by atoms with Crippen LogP contribution in [0.15, 0.2) is 12.3 Å². The first-order valence-electron chi connectivity index (χ1n) is 7.76. The Balaban J connectivity index is 2.13. The van der Waals surface area contributed by atoms with E-state index in [1.165, 1.54) is 12.8 Å². The Hall–Kier alpha value is -0.840. The van der Waals surface area contributed by atoms with Crippen molar-refractivity contribution in [1.29, 1.82) is 0 Å². The summed E-state index contributed by atoms with van der Waals surface area (Å²) in [6.07, 6.45) is 4.27. The van der Waals surface area contributed by atoms with Crippen molar-refractivity contribution >= 4 is 17.4 Å². The zero-order chi connectivity index (χ0) is 15.4. The molecule has 4 nitrogen and oxygen atoms in total. The number of halogens is 1. The maximum atomic E-state index is 6.28. The van der Waals surface area contributed by atoms with Gasteiger partial charge in [0.25, 0.3) is 0 Å². The van der Waals surface area contributed by atoms with Gasteiger partial charge in [0.15, 0.2) is 0 Å². The van der Waals surface area contributed by atoms with E-state index < -0.39 is 0 Å². The molecule has 0 aromatic carbocycles. The molecular formula is C16H27ClN4. The molecule has 118 valence electrons. The minimum absolute atomic E-state index is 0.450. The Morgan fingerprint density at radius 1 is 1.48 bits per heavy atom. The lowest BCUT2D eigenvalue weighted by atomic mass is 10.2. The second-order valence-electron chi connectivity index (χ2n) is 6.42. The van der Waals surface area contributed by atoms with Crippen LogP contribution in [0.4, 0.5) is 5.82 Å². The van der Waals surface area contributed by atoms with Gasteiger partial charge in [0.1, 0.15) is 5.82 Å². The summed E-state index contributed by atoms with van der Waals surface area (Å²) in [6, 6.07) is 3.15. The van der Waals surface area contributed by atoms with Gasteiger partial charge < -0.3 is 15.1 Å². The molecule has 1 aromatic rings. The fourth-order valence-corrected chi connectivity index (χ4v) is 2.99. The number of likely N-dealkylation sites (N-methyl/N-ethyl adjacent to an activating group) is 1. The predicted molar refractivity (Wildman–Crippen MR) is 90.1 cm³/mol. The van der Waals surface area contributed by atoms with Gasteiger partial charge in [0.05, 0.1) is 5.02 Å². The summed E-state index contributed by atoms with van der Waals surface area (Å²) < 4.78 is 0. The van der Waals surface area contributed by atoms with Crippen molar-refractivity contribution in [3.05, 3.63) is 22.8 Å². The second kappa shape index (κ2) is 7.43. The van der Waals surface area contributed by atoms with Gasteiger partial charge in [-0.3, -0.25) is 0 Å². The largest absolute Gasteiger partial charge is 0.352 e. The van der Waals surface area contributed by atoms with Crippen molar-refractivity contribution in [2.24, 2.45) is 0 Å². The molecule has 5 heteroatoms. The minimum atomic E-state index is 0.450. The number of anilines is 1. The summed E-state index contributed by atoms with van der Waals surface area (Å²) in [4.78, 5) is 9.23. The number of nitrogens with one attached hydrogen (secondary N) is 1. The molecule has 1 fully saturated rings. The van der Waals surface area contributed by atoms with Gasteiger partial charge in [-0.05, 0) is 38.6 Å². The highest BCUT2D eigenvalue weighted by Gasteiger charge is 2.26. The van der Waals surface area contributed by atoms with Crippen LogP contribution >= 0.6 is 11.6 Å². The molecule has 21 heavy (non-hydrogen) atoms. The topological polar surface area (TPSA) is 31.4 Å². The van der Waals surface area contributed by atoms with Gasteiger partial charge in [-0.15, -0.1) is 0 Å². The van der Waals surface area contributed by atoms with Gasteiger partial charge in [0.2, 0.25) is 0 Å².